The molecule has 2 atom stereocenters. The molecule has 0 radical (unpaired) electrons. The molecule has 2 aliphatic rings. The molecule has 656 valence electrons. The van der Waals surface area contributed by atoms with E-state index in [0.717, 1.165) is 39.5 Å². The number of nitrogens with one attached hydrogen (secondary N) is 3. The Morgan fingerprint density at radius 2 is 0.727 bits per heavy atom. The molecular weight excluding hydrogens is 1910 g/mol. The number of sulfonamides is 4. The van der Waals surface area contributed by atoms with Gasteiger partial charge in [-0.1, -0.05) is 244 Å². The van der Waals surface area contributed by atoms with Crippen LogP contribution in [0.3, 0.4) is 0 Å². The SMILES string of the molecule is COC(=O)/C=C/c1ccc(-c2ccccc2)cc1S(=O)(=O)Nc1ccccc1.COC(=O)/C=C/c1ccc(Br)cc1S(=O)(=O)Cl.COC(=O)/C=C/c1ccc(Br)cc1S(=O)(=O)Nc1ccccc1.O=C(CC1c2ccc(-c3ccccc3)cc2S(=O)(=O)N1c1ccccc1)NO.O=C(O)CC1c2ccc(-c3ccccc3)cc2S(=O)(=O)N1c1ccccc1.O=CO[O-].[Na+]. The van der Waals surface area contributed by atoms with Crippen LogP contribution in [0, 0.1) is 0 Å². The van der Waals surface area contributed by atoms with Crippen LogP contribution in [0.4, 0.5) is 22.7 Å². The minimum atomic E-state index is -3.88. The van der Waals surface area contributed by atoms with E-state index in [-0.39, 0.29) is 73.3 Å². The Labute approximate surface area is 782 Å². The van der Waals surface area contributed by atoms with Crippen LogP contribution < -0.4 is 58.3 Å². The van der Waals surface area contributed by atoms with Crippen molar-refractivity contribution in [1.29, 1.82) is 0 Å². The first-order valence-corrected chi connectivity index (χ1v) is 47.0. The minimum Gasteiger partial charge on any atom is -0.662 e. The van der Waals surface area contributed by atoms with Gasteiger partial charge >= 0.3 is 53.4 Å². The number of carboxylic acids is 1. The maximum absolute atomic E-state index is 13.4. The van der Waals surface area contributed by atoms with Gasteiger partial charge in [0.1, 0.15) is 0 Å². The number of methoxy groups -OCH3 is 3. The van der Waals surface area contributed by atoms with Gasteiger partial charge in [0.05, 0.1) is 82.1 Å². The summed E-state index contributed by atoms with van der Waals surface area (Å²) in [6.07, 6.45) is 7.15. The van der Waals surface area contributed by atoms with Gasteiger partial charge in [0.15, 0.2) is 0 Å². The van der Waals surface area contributed by atoms with Gasteiger partial charge in [-0.2, -0.15) is 0 Å². The number of amides is 1. The van der Waals surface area contributed by atoms with Crippen LogP contribution >= 0.6 is 42.5 Å². The number of carboxylic acid groups (broad SMARTS) is 1. The minimum absolute atomic E-state index is 0. The summed E-state index contributed by atoms with van der Waals surface area (Å²) in [6, 6.07) is 86.2. The molecule has 14 rings (SSSR count). The molecule has 0 spiro atoms. The molecule has 28 nitrogen and oxygen atoms in total. The van der Waals surface area contributed by atoms with E-state index in [0.29, 0.717) is 59.5 Å². The Hall–Kier alpha value is -12.2. The molecule has 12 aromatic carbocycles. The maximum Gasteiger partial charge on any atom is 1.00 e. The van der Waals surface area contributed by atoms with Crippen molar-refractivity contribution in [3.05, 3.63) is 358 Å². The Bertz CT molecular complexity index is 6620. The van der Waals surface area contributed by atoms with E-state index in [4.69, 9.17) is 25.9 Å². The number of benzene rings is 12. The quantitative estimate of drug-likeness (QED) is 0.00457. The van der Waals surface area contributed by atoms with Gasteiger partial charge in [0, 0.05) is 49.2 Å². The summed E-state index contributed by atoms with van der Waals surface area (Å²) in [6.45, 7) is -0.181. The molecular formula is C91H77Br2ClN5NaO23S5. The first-order valence-electron chi connectivity index (χ1n) is 37.3. The van der Waals surface area contributed by atoms with E-state index < -0.39 is 91.0 Å². The zero-order chi connectivity index (χ0) is 92.1. The molecule has 37 heteroatoms. The van der Waals surface area contributed by atoms with E-state index in [1.165, 1.54) is 78.5 Å². The van der Waals surface area contributed by atoms with Crippen LogP contribution in [0.5, 0.6) is 0 Å². The molecule has 2 heterocycles. The Kier molecular flexibility index (Phi) is 37.6. The number of hydroxylamine groups is 1. The molecule has 1 amide bonds. The molecule has 12 aromatic rings. The smallest absolute Gasteiger partial charge is 0.662 e. The van der Waals surface area contributed by atoms with E-state index in [1.54, 1.807) is 181 Å². The number of nitrogens with zero attached hydrogens (tertiary/aromatic N) is 2. The summed E-state index contributed by atoms with van der Waals surface area (Å²) in [7, 11) is -10.2. The third-order valence-corrected chi connectivity index (χ3v) is 27.3. The van der Waals surface area contributed by atoms with Gasteiger partial charge in [-0.15, -0.1) is 0 Å². The van der Waals surface area contributed by atoms with Gasteiger partial charge in [0.25, 0.3) is 55.6 Å². The number of halogens is 3. The standard InChI is InChI=1S/C22H19NO4S.C21H18N2O4S.C21H17NO4S.C16H14BrNO4S.C10H8BrClO4S.CH2O3.Na/c1-27-22(24)15-14-18-12-13-19(17-8-4-2-5-9-17)16-21(18)28(25,26)23-20-10-6-3-7-11-20;24-21(22-25)14-19-18-12-11-16(15-7-3-1-4-8-15)13-20(18)28(26,27)23(19)17-9-5-2-6-10-17;23-21(24)14-19-18-12-11-16(15-7-3-1-4-8-15)13-20(18)27(25,26)22(19)17-9-5-2-6-10-17;1-22-16(19)10-8-12-7-9-13(17)11-15(12)23(20,21)18-14-5-3-2-4-6-14;1-16-10(13)5-3-7-2-4-8(11)6-9(7)17(12,14)15;2-1-4-3;/h2-16,23H,1H3;1-13,19,25H,14H2,(H,22,24);1-13,19H,14H2,(H,23,24);2-11,18H,1H3;2-6H,1H3;1,3H;/q;;;;;;+1/p-1/b15-14+;;;10-8+;5-3+;;. The van der Waals surface area contributed by atoms with Gasteiger partial charge in [0.2, 0.25) is 5.91 Å². The number of para-hydroxylation sites is 4. The number of aliphatic carboxylic acids is 1. The summed E-state index contributed by atoms with van der Waals surface area (Å²) < 4.78 is 150. The van der Waals surface area contributed by atoms with Crippen LogP contribution in [0.2, 0.25) is 0 Å². The number of fused-ring (bicyclic) bond motifs is 2. The second-order valence-electron chi connectivity index (χ2n) is 26.5. The van der Waals surface area contributed by atoms with Crippen LogP contribution in [-0.4, -0.2) is 110 Å². The average Bonchev–Trinajstić information content (AvgIpc) is 1.62. The number of rotatable bonds is 23. The summed E-state index contributed by atoms with van der Waals surface area (Å²) in [5.74, 6) is -3.40. The number of carbonyl (C=O) groups is 6. The molecule has 0 fully saturated rings. The van der Waals surface area contributed by atoms with Crippen molar-refractivity contribution >= 4 is 169 Å². The van der Waals surface area contributed by atoms with E-state index in [1.807, 2.05) is 109 Å². The Balaban J connectivity index is 0.000000197. The Morgan fingerprint density at radius 3 is 1.05 bits per heavy atom. The fourth-order valence-electron chi connectivity index (χ4n) is 12.6. The summed E-state index contributed by atoms with van der Waals surface area (Å²) in [5.41, 5.74) is 10.6. The summed E-state index contributed by atoms with van der Waals surface area (Å²) >= 11 is 6.40. The number of hydrogen-bond donors (Lipinski definition) is 5. The molecule has 0 saturated heterocycles. The fraction of sp³-hybridized carbons (Fsp3) is 0.0769. The molecule has 128 heavy (non-hydrogen) atoms. The third kappa shape index (κ3) is 27.7. The topological polar surface area (TPSA) is 416 Å². The van der Waals surface area contributed by atoms with Crippen molar-refractivity contribution in [1.82, 2.24) is 5.48 Å². The van der Waals surface area contributed by atoms with Crippen molar-refractivity contribution in [2.24, 2.45) is 0 Å². The van der Waals surface area contributed by atoms with Crippen molar-refractivity contribution in [2.75, 3.05) is 39.4 Å². The largest absolute Gasteiger partial charge is 1.00 e. The number of ether oxygens (including phenoxy) is 3. The molecule has 0 aliphatic carbocycles. The predicted octanol–water partition coefficient (Wildman–Crippen LogP) is 13.4. The van der Waals surface area contributed by atoms with Crippen molar-refractivity contribution in [3.8, 4) is 33.4 Å². The van der Waals surface area contributed by atoms with E-state index >= 15 is 0 Å². The average molecular weight is 1990 g/mol. The van der Waals surface area contributed by atoms with Crippen LogP contribution in [-0.2, 0) is 97.0 Å². The van der Waals surface area contributed by atoms with E-state index in [2.05, 4.69) is 60.4 Å². The number of hydrogen-bond acceptors (Lipinski definition) is 22. The molecule has 2 aliphatic heterocycles. The van der Waals surface area contributed by atoms with Gasteiger partial charge < -0.3 is 29.5 Å². The third-order valence-electron chi connectivity index (χ3n) is 18.3. The maximum atomic E-state index is 13.4. The van der Waals surface area contributed by atoms with Crippen molar-refractivity contribution in [3.63, 3.8) is 0 Å². The normalized spacial score (nSPS) is 13.7. The van der Waals surface area contributed by atoms with E-state index in [9.17, 15) is 71.2 Å². The number of anilines is 4. The second kappa shape index (κ2) is 47.6. The molecule has 0 aromatic heterocycles. The number of carbonyl (C=O) groups excluding carboxylic acids is 5. The van der Waals surface area contributed by atoms with Crippen LogP contribution in [0.1, 0.15) is 52.7 Å². The monoisotopic (exact) mass is 1980 g/mol. The zero-order valence-electron chi connectivity index (χ0n) is 68.0. The van der Waals surface area contributed by atoms with Crippen molar-refractivity contribution < 1.29 is 135 Å². The molecule has 0 bridgehead atoms. The fourth-order valence-corrected chi connectivity index (χ4v) is 21.1. The summed E-state index contributed by atoms with van der Waals surface area (Å²) in [5, 5.41) is 26.7. The summed E-state index contributed by atoms with van der Waals surface area (Å²) in [4.78, 5) is 68.5. The Morgan fingerprint density at radius 1 is 0.430 bits per heavy atom. The number of esters is 3. The van der Waals surface area contributed by atoms with Gasteiger partial charge in [-0.05, 0) is 170 Å². The van der Waals surface area contributed by atoms with Crippen LogP contribution in [0.25, 0.3) is 51.6 Å². The van der Waals surface area contributed by atoms with Gasteiger partial charge in [-0.3, -0.25) is 37.6 Å². The molecule has 0 saturated carbocycles. The second-order valence-corrected chi connectivity index (χ2v) is 37.7. The van der Waals surface area contributed by atoms with Crippen molar-refractivity contribution in [2.45, 2.75) is 49.4 Å². The molecule has 5 N–H and O–H groups in total. The zero-order valence-corrected chi connectivity index (χ0v) is 78.0. The molecule has 2 unspecified atom stereocenters. The first-order chi connectivity index (χ1) is 60.7. The van der Waals surface area contributed by atoms with Gasteiger partial charge in [-0.25, -0.2) is 62.0 Å². The predicted molar refractivity (Wildman–Crippen MR) is 486 cm³/mol. The van der Waals surface area contributed by atoms with Crippen LogP contribution in [0.15, 0.2) is 355 Å². The first kappa shape index (κ1) is 101.